The molecule has 1 aliphatic carbocycles. The molecule has 1 fully saturated rings. The lowest BCUT2D eigenvalue weighted by Crippen LogP contribution is -2.31. The first-order valence-corrected chi connectivity index (χ1v) is 9.35. The lowest BCUT2D eigenvalue weighted by molar-refractivity contribution is -0.117. The quantitative estimate of drug-likeness (QED) is 0.770. The van der Waals surface area contributed by atoms with Crippen LogP contribution in [0.2, 0.25) is 0 Å². The number of carbonyl (C=O) groups excluding carboxylic acids is 2. The van der Waals surface area contributed by atoms with Crippen LogP contribution in [-0.4, -0.2) is 43.1 Å². The average molecular weight is 381 g/mol. The highest BCUT2D eigenvalue weighted by Gasteiger charge is 2.25. The molecule has 2 aromatic carbocycles. The molecule has 4 rings (SSSR count). The zero-order valence-corrected chi connectivity index (χ0v) is 15.7. The number of benzene rings is 2. The summed E-state index contributed by atoms with van der Waals surface area (Å²) in [5.74, 6) is 1.15. The second kappa shape index (κ2) is 7.90. The molecule has 28 heavy (non-hydrogen) atoms. The maximum Gasteiger partial charge on any atom is 0.253 e. The Morgan fingerprint density at radius 2 is 1.89 bits per heavy atom. The van der Waals surface area contributed by atoms with E-state index in [0.29, 0.717) is 17.8 Å². The van der Waals surface area contributed by atoms with Gasteiger partial charge in [-0.05, 0) is 49.7 Å². The van der Waals surface area contributed by atoms with E-state index in [4.69, 9.17) is 9.47 Å². The van der Waals surface area contributed by atoms with Crippen LogP contribution in [0.1, 0.15) is 28.8 Å². The maximum atomic E-state index is 12.5. The first-order valence-electron chi connectivity index (χ1n) is 9.35. The van der Waals surface area contributed by atoms with E-state index < -0.39 is 0 Å². The van der Waals surface area contributed by atoms with Gasteiger partial charge in [0.1, 0.15) is 0 Å². The Hall–Kier alpha value is -3.06. The molecule has 0 atom stereocenters. The Morgan fingerprint density at radius 3 is 2.71 bits per heavy atom. The van der Waals surface area contributed by atoms with Crippen molar-refractivity contribution in [3.8, 4) is 11.5 Å². The van der Waals surface area contributed by atoms with Crippen molar-refractivity contribution in [1.29, 1.82) is 0 Å². The fraction of sp³-hybridized carbons (Fsp3) is 0.333. The van der Waals surface area contributed by atoms with Gasteiger partial charge in [-0.1, -0.05) is 18.2 Å². The highest BCUT2D eigenvalue weighted by atomic mass is 16.7. The Morgan fingerprint density at radius 1 is 1.11 bits per heavy atom. The molecule has 7 heteroatoms. The predicted octanol–water partition coefficient (Wildman–Crippen LogP) is 2.38. The van der Waals surface area contributed by atoms with Crippen molar-refractivity contribution < 1.29 is 19.1 Å². The summed E-state index contributed by atoms with van der Waals surface area (Å²) in [6.07, 6.45) is 2.04. The number of anilines is 1. The number of nitrogens with zero attached hydrogens (tertiary/aromatic N) is 1. The van der Waals surface area contributed by atoms with Crippen LogP contribution in [0.4, 0.5) is 5.69 Å². The summed E-state index contributed by atoms with van der Waals surface area (Å²) >= 11 is 0. The molecule has 2 aromatic rings. The fourth-order valence-corrected chi connectivity index (χ4v) is 3.12. The average Bonchev–Trinajstić information content (AvgIpc) is 3.35. The van der Waals surface area contributed by atoms with E-state index >= 15 is 0 Å². The van der Waals surface area contributed by atoms with E-state index in [1.54, 1.807) is 24.3 Å². The van der Waals surface area contributed by atoms with Crippen molar-refractivity contribution in [3.05, 3.63) is 53.6 Å². The van der Waals surface area contributed by atoms with Crippen LogP contribution in [0, 0.1) is 0 Å². The van der Waals surface area contributed by atoms with Crippen LogP contribution in [0.3, 0.4) is 0 Å². The molecule has 2 aliphatic rings. The molecule has 0 radical (unpaired) electrons. The van der Waals surface area contributed by atoms with E-state index in [-0.39, 0.29) is 31.2 Å². The molecule has 1 heterocycles. The number of fused-ring (bicyclic) bond motifs is 1. The Bertz CT molecular complexity index is 895. The molecule has 0 unspecified atom stereocenters. The van der Waals surface area contributed by atoms with Crippen LogP contribution >= 0.6 is 0 Å². The third kappa shape index (κ3) is 4.43. The smallest absolute Gasteiger partial charge is 0.253 e. The topological polar surface area (TPSA) is 79.9 Å². The summed E-state index contributed by atoms with van der Waals surface area (Å²) in [6, 6.07) is 13.1. The van der Waals surface area contributed by atoms with Crippen LogP contribution in [0.15, 0.2) is 42.5 Å². The van der Waals surface area contributed by atoms with E-state index in [2.05, 4.69) is 10.6 Å². The van der Waals surface area contributed by atoms with Gasteiger partial charge in [0, 0.05) is 12.6 Å². The molecular formula is C21H23N3O4. The number of likely N-dealkylation sites (N-methyl/N-ethyl adjacent to an activating group) is 1. The third-order valence-electron chi connectivity index (χ3n) is 4.66. The second-order valence-corrected chi connectivity index (χ2v) is 7.20. The first kappa shape index (κ1) is 18.3. The summed E-state index contributed by atoms with van der Waals surface area (Å²) in [4.78, 5) is 26.7. The van der Waals surface area contributed by atoms with Gasteiger partial charge in [-0.25, -0.2) is 0 Å². The van der Waals surface area contributed by atoms with E-state index in [1.807, 2.05) is 30.1 Å². The lowest BCUT2D eigenvalue weighted by Gasteiger charge is -2.17. The number of rotatable bonds is 7. The minimum Gasteiger partial charge on any atom is -0.454 e. The molecule has 1 saturated carbocycles. The van der Waals surface area contributed by atoms with Crippen molar-refractivity contribution in [3.63, 3.8) is 0 Å². The summed E-state index contributed by atoms with van der Waals surface area (Å²) in [5.41, 5.74) is 2.05. The lowest BCUT2D eigenvalue weighted by atomic mass is 10.1. The van der Waals surface area contributed by atoms with E-state index in [9.17, 15) is 9.59 Å². The van der Waals surface area contributed by atoms with Crippen molar-refractivity contribution >= 4 is 17.5 Å². The molecule has 146 valence electrons. The van der Waals surface area contributed by atoms with Gasteiger partial charge in [0.05, 0.1) is 17.8 Å². The van der Waals surface area contributed by atoms with Gasteiger partial charge in [-0.15, -0.1) is 0 Å². The number of hydrogen-bond donors (Lipinski definition) is 2. The third-order valence-corrected chi connectivity index (χ3v) is 4.66. The molecule has 7 nitrogen and oxygen atoms in total. The Kier molecular flexibility index (Phi) is 5.16. The normalized spacial score (nSPS) is 14.8. The number of ether oxygens (including phenoxy) is 2. The Labute approximate surface area is 163 Å². The van der Waals surface area contributed by atoms with Gasteiger partial charge in [0.2, 0.25) is 12.7 Å². The van der Waals surface area contributed by atoms with Crippen molar-refractivity contribution in [2.75, 3.05) is 25.7 Å². The number of para-hydroxylation sites is 1. The highest BCUT2D eigenvalue weighted by Crippen LogP contribution is 2.32. The molecule has 0 saturated heterocycles. The first-order chi connectivity index (χ1) is 13.6. The van der Waals surface area contributed by atoms with Crippen LogP contribution in [0.25, 0.3) is 0 Å². The number of carbonyl (C=O) groups is 2. The molecule has 0 aromatic heterocycles. The fourth-order valence-electron chi connectivity index (χ4n) is 3.12. The van der Waals surface area contributed by atoms with Crippen LogP contribution < -0.4 is 20.1 Å². The second-order valence-electron chi connectivity index (χ2n) is 7.20. The van der Waals surface area contributed by atoms with Gasteiger partial charge in [-0.2, -0.15) is 0 Å². The minimum atomic E-state index is -0.171. The van der Waals surface area contributed by atoms with E-state index in [0.717, 1.165) is 29.9 Å². The minimum absolute atomic E-state index is 0.146. The van der Waals surface area contributed by atoms with Crippen molar-refractivity contribution in [2.45, 2.75) is 25.4 Å². The number of amides is 2. The van der Waals surface area contributed by atoms with Gasteiger partial charge in [-0.3, -0.25) is 14.5 Å². The van der Waals surface area contributed by atoms with E-state index in [1.165, 1.54) is 0 Å². The van der Waals surface area contributed by atoms with Crippen molar-refractivity contribution in [2.24, 2.45) is 0 Å². The molecule has 0 spiro atoms. The predicted molar refractivity (Wildman–Crippen MR) is 104 cm³/mol. The van der Waals surface area contributed by atoms with Gasteiger partial charge in [0.25, 0.3) is 5.91 Å². The van der Waals surface area contributed by atoms with Crippen LogP contribution in [0.5, 0.6) is 11.5 Å². The number of hydrogen-bond acceptors (Lipinski definition) is 5. The molecule has 1 aliphatic heterocycles. The summed E-state index contributed by atoms with van der Waals surface area (Å²) in [5, 5.41) is 5.81. The SMILES string of the molecule is CN(CC(=O)Nc1ccccc1C(=O)NC1CC1)Cc1ccc2c(c1)OCO2. The standard InChI is InChI=1S/C21H23N3O4/c1-24(11-14-6-9-18-19(10-14)28-13-27-18)12-20(25)23-17-5-3-2-4-16(17)21(26)22-15-7-8-15/h2-6,9-10,15H,7-8,11-13H2,1H3,(H,22,26)(H,23,25). The Balaban J connectivity index is 1.34. The van der Waals surface area contributed by atoms with Gasteiger partial charge < -0.3 is 20.1 Å². The highest BCUT2D eigenvalue weighted by molar-refractivity contribution is 6.04. The van der Waals surface area contributed by atoms with Crippen LogP contribution in [-0.2, 0) is 11.3 Å². The summed E-state index contributed by atoms with van der Waals surface area (Å²) in [7, 11) is 1.87. The van der Waals surface area contributed by atoms with Gasteiger partial charge >= 0.3 is 0 Å². The maximum absolute atomic E-state index is 12.5. The zero-order valence-electron chi connectivity index (χ0n) is 15.7. The largest absolute Gasteiger partial charge is 0.454 e. The molecular weight excluding hydrogens is 358 g/mol. The summed E-state index contributed by atoms with van der Waals surface area (Å²) in [6.45, 7) is 1.03. The number of nitrogens with one attached hydrogen (secondary N) is 2. The molecule has 2 amide bonds. The molecule has 2 N–H and O–H groups in total. The summed E-state index contributed by atoms with van der Waals surface area (Å²) < 4.78 is 10.7. The van der Waals surface area contributed by atoms with Crippen molar-refractivity contribution in [1.82, 2.24) is 10.2 Å². The van der Waals surface area contributed by atoms with Gasteiger partial charge in [0.15, 0.2) is 11.5 Å². The monoisotopic (exact) mass is 381 g/mol. The molecule has 0 bridgehead atoms. The zero-order chi connectivity index (χ0) is 19.5.